The summed E-state index contributed by atoms with van der Waals surface area (Å²) in [5.74, 6) is -1.85. The van der Waals surface area contributed by atoms with Gasteiger partial charge < -0.3 is 10.2 Å². The number of carboxylic acid groups (broad SMARTS) is 2. The van der Waals surface area contributed by atoms with Gasteiger partial charge in [0.2, 0.25) is 5.16 Å². The Balaban J connectivity index is 0.000000656. The monoisotopic (exact) mass is 476 g/mol. The highest BCUT2D eigenvalue weighted by Gasteiger charge is 2.14. The van der Waals surface area contributed by atoms with Gasteiger partial charge in [0.25, 0.3) is 0 Å². The molecule has 1 heterocycles. The minimum Gasteiger partial charge on any atom is -0.473 e. The SMILES string of the molecule is Cc1nc(SCCN(C(C)C)C(C)C)nn1-c1ccc(Cl)c(Cl)c1.O=C(O)C(=O)O. The summed E-state index contributed by atoms with van der Waals surface area (Å²) in [4.78, 5) is 25.2. The van der Waals surface area contributed by atoms with Crippen LogP contribution < -0.4 is 0 Å². The zero-order chi connectivity index (χ0) is 23.0. The third-order valence-electron chi connectivity index (χ3n) is 3.99. The second-order valence-corrected chi connectivity index (χ2v) is 8.71. The quantitative estimate of drug-likeness (QED) is 0.450. The van der Waals surface area contributed by atoms with Gasteiger partial charge in [0.05, 0.1) is 15.7 Å². The van der Waals surface area contributed by atoms with Gasteiger partial charge in [-0.1, -0.05) is 35.0 Å². The topological polar surface area (TPSA) is 109 Å². The van der Waals surface area contributed by atoms with Gasteiger partial charge in [-0.05, 0) is 52.8 Å². The van der Waals surface area contributed by atoms with Crippen LogP contribution >= 0.6 is 35.0 Å². The van der Waals surface area contributed by atoms with Crippen molar-refractivity contribution in [3.8, 4) is 5.69 Å². The van der Waals surface area contributed by atoms with Gasteiger partial charge in [0.1, 0.15) is 5.82 Å². The van der Waals surface area contributed by atoms with Crippen molar-refractivity contribution in [2.45, 2.75) is 51.9 Å². The van der Waals surface area contributed by atoms with Gasteiger partial charge in [-0.15, -0.1) is 5.10 Å². The Hall–Kier alpha value is -1.81. The molecule has 0 atom stereocenters. The first-order chi connectivity index (χ1) is 13.9. The van der Waals surface area contributed by atoms with E-state index in [-0.39, 0.29) is 0 Å². The van der Waals surface area contributed by atoms with Gasteiger partial charge in [0, 0.05) is 24.4 Å². The molecule has 2 aromatic rings. The lowest BCUT2D eigenvalue weighted by Gasteiger charge is -2.30. The molecule has 0 amide bonds. The van der Waals surface area contributed by atoms with E-state index in [2.05, 4.69) is 42.7 Å². The van der Waals surface area contributed by atoms with Crippen molar-refractivity contribution in [1.82, 2.24) is 19.7 Å². The molecule has 11 heteroatoms. The fraction of sp³-hybridized carbons (Fsp3) is 0.474. The first-order valence-corrected chi connectivity index (χ1v) is 10.9. The molecule has 0 bridgehead atoms. The molecule has 0 saturated carbocycles. The van der Waals surface area contributed by atoms with Crippen LogP contribution in [0.5, 0.6) is 0 Å². The Morgan fingerprint density at radius 2 is 1.67 bits per heavy atom. The van der Waals surface area contributed by atoms with Crippen LogP contribution in [0.1, 0.15) is 33.5 Å². The lowest BCUT2D eigenvalue weighted by Crippen LogP contribution is -2.38. The predicted molar refractivity (Wildman–Crippen MR) is 119 cm³/mol. The second kappa shape index (κ2) is 12.1. The summed E-state index contributed by atoms with van der Waals surface area (Å²) < 4.78 is 1.80. The minimum absolute atomic E-state index is 0.516. The van der Waals surface area contributed by atoms with Crippen molar-refractivity contribution in [1.29, 1.82) is 0 Å². The first-order valence-electron chi connectivity index (χ1n) is 9.17. The van der Waals surface area contributed by atoms with E-state index in [9.17, 15) is 0 Å². The van der Waals surface area contributed by atoms with Crippen molar-refractivity contribution >= 4 is 46.9 Å². The molecular formula is C19H26Cl2N4O4S. The Morgan fingerprint density at radius 3 is 2.13 bits per heavy atom. The van der Waals surface area contributed by atoms with Gasteiger partial charge in [-0.3, -0.25) is 4.90 Å². The van der Waals surface area contributed by atoms with Crippen molar-refractivity contribution in [3.63, 3.8) is 0 Å². The molecule has 0 fully saturated rings. The van der Waals surface area contributed by atoms with E-state index in [1.165, 1.54) is 0 Å². The molecule has 166 valence electrons. The van der Waals surface area contributed by atoms with E-state index in [0.717, 1.165) is 29.0 Å². The lowest BCUT2D eigenvalue weighted by molar-refractivity contribution is -0.159. The average molecular weight is 477 g/mol. The van der Waals surface area contributed by atoms with Crippen molar-refractivity contribution in [3.05, 3.63) is 34.1 Å². The van der Waals surface area contributed by atoms with Crippen LogP contribution in [0.25, 0.3) is 5.69 Å². The highest BCUT2D eigenvalue weighted by molar-refractivity contribution is 7.99. The molecule has 0 saturated heterocycles. The van der Waals surface area contributed by atoms with Crippen LogP contribution in [-0.4, -0.2) is 66.2 Å². The molecule has 1 aromatic carbocycles. The van der Waals surface area contributed by atoms with E-state index in [0.29, 0.717) is 22.1 Å². The van der Waals surface area contributed by atoms with Crippen molar-refractivity contribution in [2.24, 2.45) is 0 Å². The third-order valence-corrected chi connectivity index (χ3v) is 5.54. The number of carboxylic acids is 2. The molecule has 2 N–H and O–H groups in total. The number of nitrogens with zero attached hydrogens (tertiary/aromatic N) is 4. The molecule has 0 unspecified atom stereocenters. The molecule has 1 aromatic heterocycles. The summed E-state index contributed by atoms with van der Waals surface area (Å²) in [7, 11) is 0. The van der Waals surface area contributed by atoms with E-state index >= 15 is 0 Å². The highest BCUT2D eigenvalue weighted by Crippen LogP contribution is 2.25. The number of rotatable bonds is 7. The summed E-state index contributed by atoms with van der Waals surface area (Å²) in [5, 5.41) is 21.2. The van der Waals surface area contributed by atoms with Crippen LogP contribution in [-0.2, 0) is 9.59 Å². The largest absolute Gasteiger partial charge is 0.473 e. The van der Waals surface area contributed by atoms with Crippen LogP contribution in [0.3, 0.4) is 0 Å². The molecule has 0 radical (unpaired) electrons. The lowest BCUT2D eigenvalue weighted by atomic mass is 10.2. The van der Waals surface area contributed by atoms with E-state index in [1.807, 2.05) is 13.0 Å². The van der Waals surface area contributed by atoms with E-state index < -0.39 is 11.9 Å². The van der Waals surface area contributed by atoms with Crippen LogP contribution in [0.15, 0.2) is 23.4 Å². The maximum Gasteiger partial charge on any atom is 0.414 e. The second-order valence-electron chi connectivity index (χ2n) is 6.84. The van der Waals surface area contributed by atoms with E-state index in [1.54, 1.807) is 28.6 Å². The Kier molecular flexibility index (Phi) is 10.6. The normalized spacial score (nSPS) is 11.0. The zero-order valence-corrected chi connectivity index (χ0v) is 19.8. The van der Waals surface area contributed by atoms with Crippen LogP contribution in [0.2, 0.25) is 10.0 Å². The summed E-state index contributed by atoms with van der Waals surface area (Å²) in [5.41, 5.74) is 0.868. The third kappa shape index (κ3) is 8.14. The van der Waals surface area contributed by atoms with Gasteiger partial charge in [-0.2, -0.15) is 0 Å². The number of aliphatic carboxylic acids is 2. The standard InChI is InChI=1S/C17H24Cl2N4S.C2H2O4/c1-11(2)22(12(3)4)8-9-24-17-20-13(5)23(21-17)14-6-7-15(18)16(19)10-14;3-1(4)2(5)6/h6-7,10-12H,8-9H2,1-5H3;(H,3,4)(H,5,6). The molecular weight excluding hydrogens is 451 g/mol. The Labute approximate surface area is 190 Å². The smallest absolute Gasteiger partial charge is 0.414 e. The van der Waals surface area contributed by atoms with Gasteiger partial charge in [0.15, 0.2) is 0 Å². The summed E-state index contributed by atoms with van der Waals surface area (Å²) in [6.07, 6.45) is 0. The maximum absolute atomic E-state index is 9.10. The molecule has 2 rings (SSSR count). The number of halogens is 2. The van der Waals surface area contributed by atoms with Crippen molar-refractivity contribution in [2.75, 3.05) is 12.3 Å². The maximum atomic E-state index is 9.10. The number of hydrogen-bond acceptors (Lipinski definition) is 6. The number of benzene rings is 1. The highest BCUT2D eigenvalue weighted by atomic mass is 35.5. The summed E-state index contributed by atoms with van der Waals surface area (Å²) in [6, 6.07) is 6.54. The number of aryl methyl sites for hydroxylation is 1. The minimum atomic E-state index is -1.82. The first kappa shape index (κ1) is 26.2. The average Bonchev–Trinajstić information content (AvgIpc) is 3.01. The van der Waals surface area contributed by atoms with Gasteiger partial charge in [-0.25, -0.2) is 19.3 Å². The molecule has 0 spiro atoms. The number of hydrogen-bond donors (Lipinski definition) is 2. The van der Waals surface area contributed by atoms with Crippen LogP contribution in [0, 0.1) is 6.92 Å². The number of carbonyl (C=O) groups is 2. The molecule has 0 aliphatic carbocycles. The summed E-state index contributed by atoms with van der Waals surface area (Å²) >= 11 is 13.7. The summed E-state index contributed by atoms with van der Waals surface area (Å²) in [6.45, 7) is 11.9. The number of aromatic nitrogens is 3. The predicted octanol–water partition coefficient (Wildman–Crippen LogP) is 4.25. The fourth-order valence-electron chi connectivity index (χ4n) is 2.64. The Morgan fingerprint density at radius 1 is 1.10 bits per heavy atom. The fourth-order valence-corrected chi connectivity index (χ4v) is 3.76. The molecule has 0 aliphatic rings. The molecule has 8 nitrogen and oxygen atoms in total. The van der Waals surface area contributed by atoms with Gasteiger partial charge >= 0.3 is 11.9 Å². The number of thioether (sulfide) groups is 1. The molecule has 30 heavy (non-hydrogen) atoms. The van der Waals surface area contributed by atoms with Crippen LogP contribution in [0.4, 0.5) is 0 Å². The van der Waals surface area contributed by atoms with Crippen molar-refractivity contribution < 1.29 is 19.8 Å². The van der Waals surface area contributed by atoms with E-state index in [4.69, 9.17) is 43.0 Å². The molecule has 0 aliphatic heterocycles. The zero-order valence-electron chi connectivity index (χ0n) is 17.5. The Bertz CT molecular complexity index is 854.